The number of nitrogens with one attached hydrogen (secondary N) is 1. The fourth-order valence-electron chi connectivity index (χ4n) is 3.61. The first-order chi connectivity index (χ1) is 9.60. The van der Waals surface area contributed by atoms with E-state index in [0.29, 0.717) is 18.1 Å². The number of aromatic nitrogens is 2. The molecule has 0 radical (unpaired) electrons. The highest BCUT2D eigenvalue weighted by Crippen LogP contribution is 2.33. The minimum Gasteiger partial charge on any atom is -0.366 e. The molecule has 3 rings (SSSR count). The van der Waals surface area contributed by atoms with Gasteiger partial charge in [-0.25, -0.2) is 4.68 Å². The third kappa shape index (κ3) is 2.33. The van der Waals surface area contributed by atoms with E-state index < -0.39 is 0 Å². The summed E-state index contributed by atoms with van der Waals surface area (Å²) in [7, 11) is 1.62. The van der Waals surface area contributed by atoms with Gasteiger partial charge in [-0.2, -0.15) is 5.10 Å². The number of anilines is 1. The van der Waals surface area contributed by atoms with Crippen LogP contribution in [0.15, 0.2) is 11.0 Å². The van der Waals surface area contributed by atoms with Crippen LogP contribution >= 0.6 is 11.6 Å². The maximum absolute atomic E-state index is 12.0. The number of nitrogens with zero attached hydrogens (tertiary/aromatic N) is 3. The Morgan fingerprint density at radius 1 is 1.45 bits per heavy atom. The van der Waals surface area contributed by atoms with E-state index in [9.17, 15) is 4.79 Å². The van der Waals surface area contributed by atoms with E-state index in [-0.39, 0.29) is 10.6 Å². The maximum Gasteiger partial charge on any atom is 0.287 e. The molecule has 2 bridgehead atoms. The van der Waals surface area contributed by atoms with E-state index >= 15 is 0 Å². The van der Waals surface area contributed by atoms with Crippen molar-refractivity contribution in [2.24, 2.45) is 7.05 Å². The van der Waals surface area contributed by atoms with Crippen molar-refractivity contribution in [2.45, 2.75) is 50.7 Å². The van der Waals surface area contributed by atoms with E-state index in [1.807, 2.05) is 0 Å². The number of halogens is 1. The lowest BCUT2D eigenvalue weighted by Crippen LogP contribution is -2.48. The van der Waals surface area contributed by atoms with Crippen LogP contribution in [0.25, 0.3) is 0 Å². The van der Waals surface area contributed by atoms with Crippen molar-refractivity contribution in [1.29, 1.82) is 0 Å². The molecule has 5 nitrogen and oxygen atoms in total. The molecule has 0 saturated carbocycles. The molecule has 0 spiro atoms. The highest BCUT2D eigenvalue weighted by atomic mass is 35.5. The lowest BCUT2D eigenvalue weighted by atomic mass is 9.98. The molecule has 1 N–H and O–H groups in total. The molecule has 3 heterocycles. The van der Waals surface area contributed by atoms with Gasteiger partial charge in [0.05, 0.1) is 11.9 Å². The second-order valence-electron chi connectivity index (χ2n) is 5.82. The van der Waals surface area contributed by atoms with Crippen molar-refractivity contribution in [1.82, 2.24) is 15.1 Å². The van der Waals surface area contributed by atoms with Crippen molar-refractivity contribution < 1.29 is 0 Å². The minimum absolute atomic E-state index is 0.223. The molecule has 6 heteroatoms. The quantitative estimate of drug-likeness (QED) is 0.919. The van der Waals surface area contributed by atoms with E-state index in [2.05, 4.69) is 22.2 Å². The van der Waals surface area contributed by atoms with Crippen molar-refractivity contribution in [3.05, 3.63) is 21.6 Å². The zero-order chi connectivity index (χ0) is 14.3. The largest absolute Gasteiger partial charge is 0.366 e. The average Bonchev–Trinajstić information content (AvgIpc) is 2.78. The Morgan fingerprint density at radius 2 is 2.10 bits per heavy atom. The second kappa shape index (κ2) is 5.37. The van der Waals surface area contributed by atoms with Crippen LogP contribution < -0.4 is 15.8 Å². The fourth-order valence-corrected chi connectivity index (χ4v) is 3.89. The molecule has 2 aliphatic heterocycles. The molecule has 1 aromatic heterocycles. The van der Waals surface area contributed by atoms with E-state index in [1.54, 1.807) is 13.2 Å². The zero-order valence-electron chi connectivity index (χ0n) is 12.0. The molecule has 0 aliphatic carbocycles. The first-order valence-electron chi connectivity index (χ1n) is 7.34. The zero-order valence-corrected chi connectivity index (χ0v) is 12.7. The monoisotopic (exact) mass is 296 g/mol. The number of rotatable bonds is 3. The number of hydrogen-bond donors (Lipinski definition) is 1. The number of aryl methyl sites for hydroxylation is 1. The van der Waals surface area contributed by atoms with Crippen molar-refractivity contribution in [3.63, 3.8) is 0 Å². The molecular weight excluding hydrogens is 276 g/mol. The smallest absolute Gasteiger partial charge is 0.287 e. The van der Waals surface area contributed by atoms with Crippen molar-refractivity contribution >= 4 is 17.3 Å². The molecule has 2 fully saturated rings. The molecule has 2 saturated heterocycles. The van der Waals surface area contributed by atoms with Gasteiger partial charge >= 0.3 is 0 Å². The Balaban J connectivity index is 1.90. The van der Waals surface area contributed by atoms with Gasteiger partial charge in [-0.1, -0.05) is 11.6 Å². The summed E-state index contributed by atoms with van der Waals surface area (Å²) in [6.45, 7) is 2.95. The van der Waals surface area contributed by atoms with E-state index in [4.69, 9.17) is 11.6 Å². The molecular formula is C14H21ClN4O. The fraction of sp³-hybridized carbons (Fsp3) is 0.714. The summed E-state index contributed by atoms with van der Waals surface area (Å²) in [4.78, 5) is 14.2. The first-order valence-corrected chi connectivity index (χ1v) is 7.72. The predicted octanol–water partition coefficient (Wildman–Crippen LogP) is 1.54. The number of piperidine rings is 1. The van der Waals surface area contributed by atoms with Gasteiger partial charge < -0.3 is 10.2 Å². The van der Waals surface area contributed by atoms with Gasteiger partial charge in [0.15, 0.2) is 0 Å². The van der Waals surface area contributed by atoms with Crippen LogP contribution in [0.3, 0.4) is 0 Å². The van der Waals surface area contributed by atoms with Crippen molar-refractivity contribution in [2.75, 3.05) is 11.4 Å². The minimum atomic E-state index is -0.223. The standard InChI is InChI=1S/C14H21ClN4O/c1-3-19(11-6-9-4-5-10(7-11)17-9)12-8-16-18(2)14(20)13(12)15/h8-11,17H,3-7H2,1-2H3. The van der Waals surface area contributed by atoms with Crippen molar-refractivity contribution in [3.8, 4) is 0 Å². The number of fused-ring (bicyclic) bond motifs is 2. The lowest BCUT2D eigenvalue weighted by Gasteiger charge is -2.38. The maximum atomic E-state index is 12.0. The Hall–Kier alpha value is -1.07. The highest BCUT2D eigenvalue weighted by Gasteiger charge is 2.36. The molecule has 0 aromatic carbocycles. The highest BCUT2D eigenvalue weighted by molar-refractivity contribution is 6.33. The van der Waals surface area contributed by atoms with Crippen LogP contribution in [0.1, 0.15) is 32.6 Å². The van der Waals surface area contributed by atoms with Crippen LogP contribution in [0.5, 0.6) is 0 Å². The van der Waals surface area contributed by atoms with Crippen LogP contribution in [-0.4, -0.2) is 34.5 Å². The topological polar surface area (TPSA) is 50.2 Å². The number of hydrogen-bond acceptors (Lipinski definition) is 4. The molecule has 1 aromatic rings. The van der Waals surface area contributed by atoms with Crippen LogP contribution in [-0.2, 0) is 7.05 Å². The summed E-state index contributed by atoms with van der Waals surface area (Å²) in [6.07, 6.45) is 6.49. The van der Waals surface area contributed by atoms with Crippen LogP contribution in [0, 0.1) is 0 Å². The summed E-state index contributed by atoms with van der Waals surface area (Å²) in [5.74, 6) is 0. The van der Waals surface area contributed by atoms with E-state index in [0.717, 1.165) is 25.1 Å². The second-order valence-corrected chi connectivity index (χ2v) is 6.20. The van der Waals surface area contributed by atoms with Gasteiger partial charge in [0.2, 0.25) is 0 Å². The Morgan fingerprint density at radius 3 is 2.70 bits per heavy atom. The van der Waals surface area contributed by atoms with E-state index in [1.165, 1.54) is 17.5 Å². The Bertz CT molecular complexity index is 547. The SMILES string of the molecule is CCN(c1cnn(C)c(=O)c1Cl)C1CC2CCC(C1)N2. The normalized spacial score (nSPS) is 28.6. The molecule has 2 unspecified atom stereocenters. The third-order valence-corrected chi connectivity index (χ3v) is 4.95. The molecule has 20 heavy (non-hydrogen) atoms. The lowest BCUT2D eigenvalue weighted by molar-refractivity contribution is 0.348. The Labute approximate surface area is 123 Å². The van der Waals surface area contributed by atoms with Gasteiger partial charge in [0, 0.05) is 31.7 Å². The predicted molar refractivity (Wildman–Crippen MR) is 80.5 cm³/mol. The first kappa shape index (κ1) is 13.9. The van der Waals surface area contributed by atoms with Gasteiger partial charge in [-0.15, -0.1) is 0 Å². The average molecular weight is 297 g/mol. The van der Waals surface area contributed by atoms with Gasteiger partial charge in [-0.3, -0.25) is 4.79 Å². The molecule has 2 aliphatic rings. The molecule has 2 atom stereocenters. The van der Waals surface area contributed by atoms with Crippen LogP contribution in [0.4, 0.5) is 5.69 Å². The summed E-state index contributed by atoms with van der Waals surface area (Å²) in [5, 5.41) is 8.05. The third-order valence-electron chi connectivity index (χ3n) is 4.60. The summed E-state index contributed by atoms with van der Waals surface area (Å²) >= 11 is 6.25. The Kier molecular flexibility index (Phi) is 3.73. The molecule has 110 valence electrons. The van der Waals surface area contributed by atoms with Gasteiger partial charge in [0.25, 0.3) is 5.56 Å². The van der Waals surface area contributed by atoms with Gasteiger partial charge in [-0.05, 0) is 32.6 Å². The van der Waals surface area contributed by atoms with Crippen LogP contribution in [0.2, 0.25) is 5.02 Å². The summed E-state index contributed by atoms with van der Waals surface area (Å²) in [5.41, 5.74) is 0.558. The molecule has 0 amide bonds. The summed E-state index contributed by atoms with van der Waals surface area (Å²) in [6, 6.07) is 1.68. The summed E-state index contributed by atoms with van der Waals surface area (Å²) < 4.78 is 1.28. The van der Waals surface area contributed by atoms with Gasteiger partial charge in [0.1, 0.15) is 5.02 Å².